The highest BCUT2D eigenvalue weighted by molar-refractivity contribution is 4.93. The molecule has 0 aliphatic heterocycles. The molecule has 0 unspecified atom stereocenters. The van der Waals surface area contributed by atoms with Crippen molar-refractivity contribution in [3.63, 3.8) is 0 Å². The van der Waals surface area contributed by atoms with E-state index in [9.17, 15) is 0 Å². The first-order valence-corrected chi connectivity index (χ1v) is 2.72. The third-order valence-corrected chi connectivity index (χ3v) is 1.65. The fourth-order valence-electron chi connectivity index (χ4n) is 0.858. The van der Waals surface area contributed by atoms with Crippen LogP contribution in [0, 0.1) is 0 Å². The summed E-state index contributed by atoms with van der Waals surface area (Å²) in [6, 6.07) is -0.153. The zero-order valence-electron chi connectivity index (χ0n) is 4.87. The Balaban J connectivity index is 2.25. The summed E-state index contributed by atoms with van der Waals surface area (Å²) in [6.07, 6.45) is 0.447. The number of aliphatic hydroxyl groups is 1. The van der Waals surface area contributed by atoms with Gasteiger partial charge in [0.25, 0.3) is 0 Å². The van der Waals surface area contributed by atoms with Gasteiger partial charge in [-0.25, -0.2) is 0 Å². The Morgan fingerprint density at radius 1 is 1.75 bits per heavy atom. The zero-order valence-corrected chi connectivity index (χ0v) is 4.87. The second kappa shape index (κ2) is 2.01. The van der Waals surface area contributed by atoms with Gasteiger partial charge in [0.1, 0.15) is 0 Å². The molecule has 1 rings (SSSR count). The average molecular weight is 117 g/mol. The SMILES string of the molecule is CO[C@@H]1C[C@@H](O)[C@@H]1N. The summed E-state index contributed by atoms with van der Waals surface area (Å²) >= 11 is 0. The van der Waals surface area contributed by atoms with Crippen molar-refractivity contribution in [2.75, 3.05) is 7.11 Å². The van der Waals surface area contributed by atoms with E-state index in [1.54, 1.807) is 7.11 Å². The second-order valence-electron chi connectivity index (χ2n) is 2.15. The number of nitrogens with two attached hydrogens (primary N) is 1. The summed E-state index contributed by atoms with van der Waals surface area (Å²) < 4.78 is 4.88. The molecule has 48 valence electrons. The van der Waals surface area contributed by atoms with Crippen LogP contribution in [0.25, 0.3) is 0 Å². The third kappa shape index (κ3) is 0.727. The van der Waals surface area contributed by atoms with E-state index in [1.807, 2.05) is 0 Å². The molecule has 0 spiro atoms. The van der Waals surface area contributed by atoms with E-state index in [1.165, 1.54) is 0 Å². The molecule has 1 fully saturated rings. The molecule has 3 N–H and O–H groups in total. The Morgan fingerprint density at radius 2 is 2.38 bits per heavy atom. The fraction of sp³-hybridized carbons (Fsp3) is 1.00. The molecule has 3 heteroatoms. The summed E-state index contributed by atoms with van der Waals surface area (Å²) in [4.78, 5) is 0. The van der Waals surface area contributed by atoms with Gasteiger partial charge in [-0.2, -0.15) is 0 Å². The van der Waals surface area contributed by atoms with Gasteiger partial charge in [-0.1, -0.05) is 0 Å². The molecular weight excluding hydrogens is 106 g/mol. The van der Waals surface area contributed by atoms with Gasteiger partial charge in [-0.15, -0.1) is 0 Å². The van der Waals surface area contributed by atoms with Crippen molar-refractivity contribution >= 4 is 0 Å². The van der Waals surface area contributed by atoms with E-state index in [0.29, 0.717) is 6.42 Å². The first-order valence-electron chi connectivity index (χ1n) is 2.72. The number of hydrogen-bond acceptors (Lipinski definition) is 3. The molecule has 0 radical (unpaired) electrons. The summed E-state index contributed by atoms with van der Waals surface area (Å²) in [7, 11) is 1.61. The van der Waals surface area contributed by atoms with Crippen molar-refractivity contribution < 1.29 is 9.84 Å². The van der Waals surface area contributed by atoms with Gasteiger partial charge < -0.3 is 15.6 Å². The molecule has 0 saturated heterocycles. The topological polar surface area (TPSA) is 55.5 Å². The van der Waals surface area contributed by atoms with Crippen LogP contribution in [0.3, 0.4) is 0 Å². The van der Waals surface area contributed by atoms with Gasteiger partial charge in [0.15, 0.2) is 0 Å². The molecule has 0 bridgehead atoms. The minimum atomic E-state index is -0.333. The normalized spacial score (nSPS) is 46.1. The van der Waals surface area contributed by atoms with Crippen molar-refractivity contribution in [1.82, 2.24) is 0 Å². The fourth-order valence-corrected chi connectivity index (χ4v) is 0.858. The molecule has 3 nitrogen and oxygen atoms in total. The molecule has 1 aliphatic carbocycles. The summed E-state index contributed by atoms with van der Waals surface area (Å²) in [5.74, 6) is 0. The van der Waals surface area contributed by atoms with Crippen molar-refractivity contribution in [1.29, 1.82) is 0 Å². The molecule has 1 aliphatic rings. The number of ether oxygens (including phenoxy) is 1. The smallest absolute Gasteiger partial charge is 0.0772 e. The van der Waals surface area contributed by atoms with E-state index in [2.05, 4.69) is 0 Å². The molecule has 0 aromatic carbocycles. The average Bonchev–Trinajstić information content (AvgIpc) is 1.81. The first kappa shape index (κ1) is 6.01. The lowest BCUT2D eigenvalue weighted by Crippen LogP contribution is -2.57. The van der Waals surface area contributed by atoms with E-state index >= 15 is 0 Å². The minimum Gasteiger partial charge on any atom is -0.391 e. The predicted molar refractivity (Wildman–Crippen MR) is 29.4 cm³/mol. The molecule has 0 aromatic heterocycles. The van der Waals surface area contributed by atoms with E-state index in [-0.39, 0.29) is 18.2 Å². The van der Waals surface area contributed by atoms with Crippen molar-refractivity contribution in [2.24, 2.45) is 5.73 Å². The monoisotopic (exact) mass is 117 g/mol. The van der Waals surface area contributed by atoms with Crippen LogP contribution in [0.4, 0.5) is 0 Å². The highest BCUT2D eigenvalue weighted by Crippen LogP contribution is 2.20. The minimum absolute atomic E-state index is 0.0880. The summed E-state index contributed by atoms with van der Waals surface area (Å²) in [6.45, 7) is 0. The molecule has 1 saturated carbocycles. The maximum absolute atomic E-state index is 8.81. The maximum Gasteiger partial charge on any atom is 0.0772 e. The van der Waals surface area contributed by atoms with Crippen LogP contribution in [0.5, 0.6) is 0 Å². The summed E-state index contributed by atoms with van der Waals surface area (Å²) in [5, 5.41) is 8.81. The van der Waals surface area contributed by atoms with Crippen molar-refractivity contribution in [3.8, 4) is 0 Å². The maximum atomic E-state index is 8.81. The van der Waals surface area contributed by atoms with Crippen LogP contribution < -0.4 is 5.73 Å². The lowest BCUT2D eigenvalue weighted by molar-refractivity contribution is -0.0706. The standard InChI is InChI=1S/C5H11NO2/c1-8-4-2-3(7)5(4)6/h3-5,7H,2,6H2,1H3/t3-,4-,5+/m1/s1. The van der Waals surface area contributed by atoms with Gasteiger partial charge in [0, 0.05) is 13.5 Å². The number of hydrogen-bond donors (Lipinski definition) is 2. The predicted octanol–water partition coefficient (Wildman–Crippen LogP) is -0.907. The lowest BCUT2D eigenvalue weighted by Gasteiger charge is -2.37. The summed E-state index contributed by atoms with van der Waals surface area (Å²) in [5.41, 5.74) is 5.40. The first-order chi connectivity index (χ1) is 3.75. The largest absolute Gasteiger partial charge is 0.391 e. The van der Waals surface area contributed by atoms with Crippen LogP contribution in [-0.2, 0) is 4.74 Å². The van der Waals surface area contributed by atoms with Crippen LogP contribution in [-0.4, -0.2) is 30.5 Å². The van der Waals surface area contributed by atoms with Crippen molar-refractivity contribution in [2.45, 2.75) is 24.7 Å². The van der Waals surface area contributed by atoms with E-state index in [0.717, 1.165) is 0 Å². The second-order valence-corrected chi connectivity index (χ2v) is 2.15. The quantitative estimate of drug-likeness (QED) is 0.467. The van der Waals surface area contributed by atoms with Crippen LogP contribution in [0.15, 0.2) is 0 Å². The Morgan fingerprint density at radius 3 is 2.50 bits per heavy atom. The van der Waals surface area contributed by atoms with Gasteiger partial charge in [0.2, 0.25) is 0 Å². The Hall–Kier alpha value is -0.120. The van der Waals surface area contributed by atoms with Gasteiger partial charge >= 0.3 is 0 Å². The number of aliphatic hydroxyl groups excluding tert-OH is 1. The molecule has 0 heterocycles. The Labute approximate surface area is 48.4 Å². The highest BCUT2D eigenvalue weighted by atomic mass is 16.5. The number of rotatable bonds is 1. The zero-order chi connectivity index (χ0) is 6.15. The van der Waals surface area contributed by atoms with Gasteiger partial charge in [-0.3, -0.25) is 0 Å². The van der Waals surface area contributed by atoms with Crippen LogP contribution in [0.1, 0.15) is 6.42 Å². The van der Waals surface area contributed by atoms with Gasteiger partial charge in [0.05, 0.1) is 18.2 Å². The van der Waals surface area contributed by atoms with Crippen molar-refractivity contribution in [3.05, 3.63) is 0 Å². The Bertz CT molecular complexity index is 86.5. The molecule has 8 heavy (non-hydrogen) atoms. The molecular formula is C5H11NO2. The molecule has 0 aromatic rings. The number of methoxy groups -OCH3 is 1. The molecule has 3 atom stereocenters. The lowest BCUT2D eigenvalue weighted by atomic mass is 9.86. The van der Waals surface area contributed by atoms with E-state index in [4.69, 9.17) is 15.6 Å². The van der Waals surface area contributed by atoms with E-state index < -0.39 is 0 Å². The third-order valence-electron chi connectivity index (χ3n) is 1.65. The van der Waals surface area contributed by atoms with Gasteiger partial charge in [-0.05, 0) is 0 Å². The van der Waals surface area contributed by atoms with Crippen LogP contribution >= 0.6 is 0 Å². The highest BCUT2D eigenvalue weighted by Gasteiger charge is 2.36. The molecule has 0 amide bonds. The van der Waals surface area contributed by atoms with Crippen LogP contribution in [0.2, 0.25) is 0 Å². The Kier molecular flexibility index (Phi) is 1.51.